The third kappa shape index (κ3) is 4.77. The minimum absolute atomic E-state index is 0.136. The molecule has 1 unspecified atom stereocenters. The van der Waals surface area contributed by atoms with Crippen LogP contribution in [0.25, 0.3) is 5.65 Å². The Morgan fingerprint density at radius 2 is 2.03 bits per heavy atom. The third-order valence-electron chi connectivity index (χ3n) is 5.66. The molecular weight excluding hydrogens is 362 g/mol. The van der Waals surface area contributed by atoms with Crippen molar-refractivity contribution in [2.75, 3.05) is 25.0 Å². The van der Waals surface area contributed by atoms with Crippen LogP contribution in [0.1, 0.15) is 29.7 Å². The predicted octanol–water partition coefficient (Wildman–Crippen LogP) is 3.98. The Morgan fingerprint density at radius 3 is 2.86 bits per heavy atom. The van der Waals surface area contributed by atoms with E-state index in [-0.39, 0.29) is 6.03 Å². The maximum Gasteiger partial charge on any atom is 0.319 e. The average molecular weight is 392 g/mol. The fraction of sp³-hybridized carbons (Fsp3) is 0.391. The Balaban J connectivity index is 1.29. The molecule has 1 aliphatic rings. The molecule has 3 aromatic rings. The number of aryl methyl sites for hydroxylation is 2. The number of hydrogen-bond acceptors (Lipinski definition) is 3. The number of carbonyl (C=O) groups is 1. The first-order valence-electron chi connectivity index (χ1n) is 10.3. The van der Waals surface area contributed by atoms with E-state index in [1.165, 1.54) is 16.8 Å². The molecule has 2 amide bonds. The van der Waals surface area contributed by atoms with E-state index in [9.17, 15) is 4.79 Å². The number of benzene rings is 1. The second-order valence-electron chi connectivity index (χ2n) is 8.08. The summed E-state index contributed by atoms with van der Waals surface area (Å²) in [6.45, 7) is 7.79. The van der Waals surface area contributed by atoms with Crippen molar-refractivity contribution in [1.82, 2.24) is 19.6 Å². The molecule has 2 N–H and O–H groups in total. The summed E-state index contributed by atoms with van der Waals surface area (Å²) in [6, 6.07) is 11.9. The second-order valence-corrected chi connectivity index (χ2v) is 8.08. The molecule has 0 bridgehead atoms. The summed E-state index contributed by atoms with van der Waals surface area (Å²) in [5.74, 6) is 0.466. The minimum atomic E-state index is -0.136. The van der Waals surface area contributed by atoms with Crippen molar-refractivity contribution in [3.63, 3.8) is 0 Å². The fourth-order valence-electron chi connectivity index (χ4n) is 4.06. The van der Waals surface area contributed by atoms with E-state index in [1.807, 2.05) is 37.4 Å². The quantitative estimate of drug-likeness (QED) is 0.691. The van der Waals surface area contributed by atoms with E-state index in [0.29, 0.717) is 12.5 Å². The first-order chi connectivity index (χ1) is 14.1. The van der Waals surface area contributed by atoms with Gasteiger partial charge < -0.3 is 15.0 Å². The third-order valence-corrected chi connectivity index (χ3v) is 5.66. The van der Waals surface area contributed by atoms with Crippen LogP contribution in [0.4, 0.5) is 10.5 Å². The van der Waals surface area contributed by atoms with Crippen LogP contribution < -0.4 is 10.6 Å². The topological polar surface area (TPSA) is 61.7 Å². The molecule has 2 aromatic heterocycles. The molecular formula is C23H29N5O. The summed E-state index contributed by atoms with van der Waals surface area (Å²) in [6.07, 6.45) is 6.37. The lowest BCUT2D eigenvalue weighted by Gasteiger charge is -2.32. The van der Waals surface area contributed by atoms with Gasteiger partial charge in [-0.2, -0.15) is 0 Å². The Hall–Kier alpha value is -2.86. The van der Waals surface area contributed by atoms with Crippen LogP contribution in [0, 0.1) is 19.8 Å². The Bertz CT molecular complexity index is 979. The zero-order valence-electron chi connectivity index (χ0n) is 17.2. The summed E-state index contributed by atoms with van der Waals surface area (Å²) in [4.78, 5) is 19.3. The van der Waals surface area contributed by atoms with Gasteiger partial charge >= 0.3 is 6.03 Å². The number of likely N-dealkylation sites (tertiary alicyclic amines) is 1. The summed E-state index contributed by atoms with van der Waals surface area (Å²) in [5, 5.41) is 5.94. The normalized spacial score (nSPS) is 17.4. The molecule has 1 saturated heterocycles. The smallest absolute Gasteiger partial charge is 0.319 e. The average Bonchev–Trinajstić information content (AvgIpc) is 3.13. The van der Waals surface area contributed by atoms with Gasteiger partial charge in [-0.05, 0) is 62.9 Å². The number of nitrogens with one attached hydrogen (secondary N) is 2. The van der Waals surface area contributed by atoms with Gasteiger partial charge in [0.05, 0.1) is 11.9 Å². The zero-order valence-corrected chi connectivity index (χ0v) is 17.2. The van der Waals surface area contributed by atoms with Crippen LogP contribution in [0.2, 0.25) is 0 Å². The number of hydrogen-bond donors (Lipinski definition) is 2. The van der Waals surface area contributed by atoms with Crippen LogP contribution in [0.3, 0.4) is 0 Å². The molecule has 4 rings (SSSR count). The largest absolute Gasteiger partial charge is 0.338 e. The molecule has 152 valence electrons. The maximum absolute atomic E-state index is 12.2. The standard InChI is InChI=1S/C23H29N5O/c1-17-7-9-20(10-8-17)26-23(29)25-13-19-6-4-11-27(15-19)16-21-14-24-22-18(2)5-3-12-28(21)22/h3,5,7-10,12,14,19H,4,6,11,13,15-16H2,1-2H3,(H2,25,26,29). The fourth-order valence-corrected chi connectivity index (χ4v) is 4.06. The lowest BCUT2D eigenvalue weighted by molar-refractivity contribution is 0.164. The molecule has 0 saturated carbocycles. The van der Waals surface area contributed by atoms with E-state index in [2.05, 4.69) is 50.2 Å². The number of amides is 2. The van der Waals surface area contributed by atoms with Crippen LogP contribution in [-0.2, 0) is 6.54 Å². The number of urea groups is 1. The molecule has 29 heavy (non-hydrogen) atoms. The minimum Gasteiger partial charge on any atom is -0.338 e. The number of nitrogens with zero attached hydrogens (tertiary/aromatic N) is 3. The van der Waals surface area contributed by atoms with Crippen LogP contribution in [-0.4, -0.2) is 39.9 Å². The molecule has 0 aliphatic carbocycles. The van der Waals surface area contributed by atoms with Crippen molar-refractivity contribution in [1.29, 1.82) is 0 Å². The predicted molar refractivity (Wildman–Crippen MR) is 116 cm³/mol. The summed E-state index contributed by atoms with van der Waals surface area (Å²) < 4.78 is 2.19. The monoisotopic (exact) mass is 391 g/mol. The Morgan fingerprint density at radius 1 is 1.21 bits per heavy atom. The van der Waals surface area contributed by atoms with Gasteiger partial charge in [0.15, 0.2) is 0 Å². The Labute approximate surface area is 171 Å². The maximum atomic E-state index is 12.2. The number of fused-ring (bicyclic) bond motifs is 1. The molecule has 3 heterocycles. The summed E-state index contributed by atoms with van der Waals surface area (Å²) >= 11 is 0. The van der Waals surface area contributed by atoms with E-state index in [4.69, 9.17) is 0 Å². The second kappa shape index (κ2) is 8.66. The Kier molecular flexibility index (Phi) is 5.81. The van der Waals surface area contributed by atoms with Crippen LogP contribution in [0.5, 0.6) is 0 Å². The first-order valence-corrected chi connectivity index (χ1v) is 10.3. The van der Waals surface area contributed by atoms with E-state index in [0.717, 1.165) is 43.8 Å². The van der Waals surface area contributed by atoms with E-state index in [1.54, 1.807) is 0 Å². The highest BCUT2D eigenvalue weighted by atomic mass is 16.2. The van der Waals surface area contributed by atoms with Gasteiger partial charge in [0.1, 0.15) is 5.65 Å². The summed E-state index contributed by atoms with van der Waals surface area (Å²) in [5.41, 5.74) is 5.44. The highest BCUT2D eigenvalue weighted by Crippen LogP contribution is 2.19. The highest BCUT2D eigenvalue weighted by Gasteiger charge is 2.21. The van der Waals surface area contributed by atoms with Gasteiger partial charge in [-0.15, -0.1) is 0 Å². The zero-order chi connectivity index (χ0) is 20.2. The van der Waals surface area contributed by atoms with Crippen LogP contribution in [0.15, 0.2) is 48.8 Å². The number of pyridine rings is 1. The molecule has 1 aliphatic heterocycles. The first kappa shape index (κ1) is 19.5. The van der Waals surface area contributed by atoms with Crippen molar-refractivity contribution in [3.8, 4) is 0 Å². The van der Waals surface area contributed by atoms with Crippen molar-refractivity contribution in [2.24, 2.45) is 5.92 Å². The highest BCUT2D eigenvalue weighted by molar-refractivity contribution is 5.89. The van der Waals surface area contributed by atoms with Crippen molar-refractivity contribution < 1.29 is 4.79 Å². The molecule has 1 aromatic carbocycles. The lowest BCUT2D eigenvalue weighted by Crippen LogP contribution is -2.41. The molecule has 6 heteroatoms. The van der Waals surface area contributed by atoms with Gasteiger partial charge in [-0.3, -0.25) is 4.90 Å². The molecule has 6 nitrogen and oxygen atoms in total. The van der Waals surface area contributed by atoms with Gasteiger partial charge in [0.2, 0.25) is 0 Å². The van der Waals surface area contributed by atoms with Crippen molar-refractivity contribution in [2.45, 2.75) is 33.2 Å². The molecule has 1 atom stereocenters. The SMILES string of the molecule is Cc1ccc(NC(=O)NCC2CCCN(Cc3cnc4c(C)cccn34)C2)cc1. The van der Waals surface area contributed by atoms with Gasteiger partial charge in [0.25, 0.3) is 0 Å². The molecule has 1 fully saturated rings. The van der Waals surface area contributed by atoms with Gasteiger partial charge in [-0.25, -0.2) is 9.78 Å². The number of anilines is 1. The summed E-state index contributed by atoms with van der Waals surface area (Å²) in [7, 11) is 0. The van der Waals surface area contributed by atoms with Crippen LogP contribution >= 0.6 is 0 Å². The van der Waals surface area contributed by atoms with E-state index < -0.39 is 0 Å². The number of aromatic nitrogens is 2. The lowest BCUT2D eigenvalue weighted by atomic mass is 9.98. The van der Waals surface area contributed by atoms with E-state index >= 15 is 0 Å². The number of rotatable bonds is 5. The number of carbonyl (C=O) groups excluding carboxylic acids is 1. The molecule has 0 radical (unpaired) electrons. The van der Waals surface area contributed by atoms with Crippen molar-refractivity contribution in [3.05, 3.63) is 65.6 Å². The van der Waals surface area contributed by atoms with Crippen molar-refractivity contribution >= 4 is 17.4 Å². The molecule has 0 spiro atoms. The number of piperidine rings is 1. The van der Waals surface area contributed by atoms with Gasteiger partial charge in [-0.1, -0.05) is 23.8 Å². The van der Waals surface area contributed by atoms with Gasteiger partial charge in [0, 0.05) is 31.5 Å². The number of imidazole rings is 1.